The second kappa shape index (κ2) is 6.02. The van der Waals surface area contributed by atoms with E-state index in [0.717, 1.165) is 13.0 Å². The Balaban J connectivity index is 2.04. The third-order valence-electron chi connectivity index (χ3n) is 3.40. The van der Waals surface area contributed by atoms with E-state index in [2.05, 4.69) is 35.2 Å². The van der Waals surface area contributed by atoms with E-state index in [0.29, 0.717) is 12.6 Å². The summed E-state index contributed by atoms with van der Waals surface area (Å²) in [7, 11) is 0. The van der Waals surface area contributed by atoms with Crippen molar-refractivity contribution in [1.82, 2.24) is 4.90 Å². The molecule has 1 aromatic rings. The van der Waals surface area contributed by atoms with Gasteiger partial charge in [-0.3, -0.25) is 4.90 Å². The van der Waals surface area contributed by atoms with Crippen molar-refractivity contribution >= 4 is 0 Å². The van der Waals surface area contributed by atoms with Crippen LogP contribution in [-0.2, 0) is 0 Å². The molecule has 0 saturated carbocycles. The van der Waals surface area contributed by atoms with Crippen LogP contribution in [0.1, 0.15) is 37.3 Å². The van der Waals surface area contributed by atoms with Gasteiger partial charge >= 0.3 is 0 Å². The molecule has 0 amide bonds. The molecule has 1 aliphatic heterocycles. The highest BCUT2D eigenvalue weighted by atomic mass is 16.3. The molecule has 1 aromatic carbocycles. The highest BCUT2D eigenvalue weighted by Gasteiger charge is 2.22. The largest absolute Gasteiger partial charge is 0.396 e. The van der Waals surface area contributed by atoms with Crippen LogP contribution >= 0.6 is 0 Å². The van der Waals surface area contributed by atoms with Crippen molar-refractivity contribution in [2.24, 2.45) is 0 Å². The topological polar surface area (TPSA) is 23.5 Å². The number of hydrogen-bond donors (Lipinski definition) is 1. The zero-order chi connectivity index (χ0) is 11.2. The Hall–Kier alpha value is -0.860. The molecule has 2 heteroatoms. The van der Waals surface area contributed by atoms with Crippen LogP contribution in [-0.4, -0.2) is 29.7 Å². The average Bonchev–Trinajstić information content (AvgIpc) is 2.38. The maximum absolute atomic E-state index is 8.93. The summed E-state index contributed by atoms with van der Waals surface area (Å²) in [6, 6.07) is 11.3. The van der Waals surface area contributed by atoms with Crippen molar-refractivity contribution in [1.29, 1.82) is 0 Å². The van der Waals surface area contributed by atoms with Gasteiger partial charge in [0.25, 0.3) is 0 Å². The fraction of sp³-hybridized carbons (Fsp3) is 0.571. The number of hydrogen-bond acceptors (Lipinski definition) is 2. The van der Waals surface area contributed by atoms with Crippen LogP contribution in [0.15, 0.2) is 30.3 Å². The van der Waals surface area contributed by atoms with Crippen molar-refractivity contribution in [2.45, 2.75) is 31.7 Å². The predicted molar refractivity (Wildman–Crippen MR) is 66.3 cm³/mol. The van der Waals surface area contributed by atoms with Gasteiger partial charge in [-0.2, -0.15) is 0 Å². The molecule has 1 heterocycles. The first kappa shape index (κ1) is 11.6. The van der Waals surface area contributed by atoms with E-state index < -0.39 is 0 Å². The van der Waals surface area contributed by atoms with Gasteiger partial charge in [0.1, 0.15) is 0 Å². The van der Waals surface area contributed by atoms with E-state index >= 15 is 0 Å². The second-order valence-electron chi connectivity index (χ2n) is 4.54. The van der Waals surface area contributed by atoms with Gasteiger partial charge < -0.3 is 5.11 Å². The van der Waals surface area contributed by atoms with E-state index in [-0.39, 0.29) is 0 Å². The number of aliphatic hydroxyl groups is 1. The van der Waals surface area contributed by atoms with Gasteiger partial charge in [0.2, 0.25) is 0 Å². The normalized spacial score (nSPS) is 22.2. The molecule has 2 rings (SSSR count). The van der Waals surface area contributed by atoms with E-state index in [1.54, 1.807) is 0 Å². The summed E-state index contributed by atoms with van der Waals surface area (Å²) in [5.41, 5.74) is 1.43. The van der Waals surface area contributed by atoms with Gasteiger partial charge in [0, 0.05) is 19.2 Å². The molecule has 0 aromatic heterocycles. The molecule has 1 atom stereocenters. The summed E-state index contributed by atoms with van der Waals surface area (Å²) < 4.78 is 0. The Bertz CT molecular complexity index is 299. The summed E-state index contributed by atoms with van der Waals surface area (Å²) in [4.78, 5) is 2.52. The Labute approximate surface area is 97.9 Å². The average molecular weight is 219 g/mol. The summed E-state index contributed by atoms with van der Waals surface area (Å²) >= 11 is 0. The van der Waals surface area contributed by atoms with Crippen LogP contribution in [0.25, 0.3) is 0 Å². The Morgan fingerprint density at radius 3 is 2.75 bits per heavy atom. The lowest BCUT2D eigenvalue weighted by Gasteiger charge is -2.36. The van der Waals surface area contributed by atoms with Crippen LogP contribution in [0.2, 0.25) is 0 Å². The number of piperidine rings is 1. The molecule has 1 unspecified atom stereocenters. The van der Waals surface area contributed by atoms with E-state index in [4.69, 9.17) is 5.11 Å². The smallest absolute Gasteiger partial charge is 0.0443 e. The molecule has 16 heavy (non-hydrogen) atoms. The highest BCUT2D eigenvalue weighted by Crippen LogP contribution is 2.30. The lowest BCUT2D eigenvalue weighted by Crippen LogP contribution is -2.34. The standard InChI is InChI=1S/C14H21NO/c16-12-6-11-15-10-5-4-9-14(15)13-7-2-1-3-8-13/h1-3,7-8,14,16H,4-6,9-12H2. The highest BCUT2D eigenvalue weighted by molar-refractivity contribution is 5.19. The zero-order valence-corrected chi connectivity index (χ0v) is 9.81. The quantitative estimate of drug-likeness (QED) is 0.841. The first-order valence-corrected chi connectivity index (χ1v) is 6.31. The summed E-state index contributed by atoms with van der Waals surface area (Å²) in [6.07, 6.45) is 4.78. The predicted octanol–water partition coefficient (Wildman–Crippen LogP) is 2.60. The first-order valence-electron chi connectivity index (χ1n) is 6.31. The molecule has 0 aliphatic carbocycles. The molecule has 1 saturated heterocycles. The molecule has 0 bridgehead atoms. The number of rotatable bonds is 4. The van der Waals surface area contributed by atoms with Crippen molar-refractivity contribution < 1.29 is 5.11 Å². The summed E-state index contributed by atoms with van der Waals surface area (Å²) in [5.74, 6) is 0. The third-order valence-corrected chi connectivity index (χ3v) is 3.40. The van der Waals surface area contributed by atoms with Crippen LogP contribution in [0, 0.1) is 0 Å². The first-order chi connectivity index (χ1) is 7.92. The molecular weight excluding hydrogens is 198 g/mol. The Morgan fingerprint density at radius 2 is 2.00 bits per heavy atom. The monoisotopic (exact) mass is 219 g/mol. The van der Waals surface area contributed by atoms with Gasteiger partial charge in [-0.25, -0.2) is 0 Å². The molecule has 1 aliphatic rings. The second-order valence-corrected chi connectivity index (χ2v) is 4.54. The fourth-order valence-electron chi connectivity index (χ4n) is 2.59. The molecule has 2 nitrogen and oxygen atoms in total. The Morgan fingerprint density at radius 1 is 1.19 bits per heavy atom. The molecule has 1 fully saturated rings. The zero-order valence-electron chi connectivity index (χ0n) is 9.81. The number of aliphatic hydroxyl groups excluding tert-OH is 1. The number of likely N-dealkylation sites (tertiary alicyclic amines) is 1. The maximum atomic E-state index is 8.93. The number of nitrogens with zero attached hydrogens (tertiary/aromatic N) is 1. The minimum atomic E-state index is 0.304. The van der Waals surface area contributed by atoms with Crippen molar-refractivity contribution in [2.75, 3.05) is 19.7 Å². The third kappa shape index (κ3) is 2.83. The minimum Gasteiger partial charge on any atom is -0.396 e. The van der Waals surface area contributed by atoms with Crippen molar-refractivity contribution in [3.05, 3.63) is 35.9 Å². The van der Waals surface area contributed by atoms with Crippen molar-refractivity contribution in [3.63, 3.8) is 0 Å². The van der Waals surface area contributed by atoms with Crippen LogP contribution in [0.4, 0.5) is 0 Å². The van der Waals surface area contributed by atoms with E-state index in [9.17, 15) is 0 Å². The van der Waals surface area contributed by atoms with E-state index in [1.165, 1.54) is 31.4 Å². The van der Waals surface area contributed by atoms with Crippen LogP contribution in [0.5, 0.6) is 0 Å². The van der Waals surface area contributed by atoms with Crippen molar-refractivity contribution in [3.8, 4) is 0 Å². The van der Waals surface area contributed by atoms with E-state index in [1.807, 2.05) is 0 Å². The summed E-state index contributed by atoms with van der Waals surface area (Å²) in [5, 5.41) is 8.93. The molecule has 1 N–H and O–H groups in total. The molecule has 88 valence electrons. The maximum Gasteiger partial charge on any atom is 0.0443 e. The van der Waals surface area contributed by atoms with Gasteiger partial charge in [0.05, 0.1) is 0 Å². The fourth-order valence-corrected chi connectivity index (χ4v) is 2.59. The lowest BCUT2D eigenvalue weighted by atomic mass is 9.95. The van der Waals surface area contributed by atoms with Gasteiger partial charge in [-0.1, -0.05) is 36.8 Å². The Kier molecular flexibility index (Phi) is 4.37. The summed E-state index contributed by atoms with van der Waals surface area (Å²) in [6.45, 7) is 2.51. The molecule has 0 spiro atoms. The SMILES string of the molecule is OCCCN1CCCCC1c1ccccc1. The van der Waals surface area contributed by atoms with Crippen LogP contribution < -0.4 is 0 Å². The van der Waals surface area contributed by atoms with Gasteiger partial charge in [-0.15, -0.1) is 0 Å². The molecule has 0 radical (unpaired) electrons. The van der Waals surface area contributed by atoms with Crippen LogP contribution in [0.3, 0.4) is 0 Å². The lowest BCUT2D eigenvalue weighted by molar-refractivity contribution is 0.135. The minimum absolute atomic E-state index is 0.304. The molecular formula is C14H21NO. The van der Waals surface area contributed by atoms with Gasteiger partial charge in [0.15, 0.2) is 0 Å². The van der Waals surface area contributed by atoms with Gasteiger partial charge in [-0.05, 0) is 31.4 Å². The number of benzene rings is 1.